The molecule has 1 fully saturated rings. The van der Waals surface area contributed by atoms with Crippen molar-refractivity contribution in [2.24, 2.45) is 10.9 Å². The van der Waals surface area contributed by atoms with Crippen molar-refractivity contribution < 1.29 is 9.53 Å². The van der Waals surface area contributed by atoms with Crippen LogP contribution in [0.15, 0.2) is 4.99 Å². The quantitative estimate of drug-likeness (QED) is 0.196. The number of guanidine groups is 1. The molecule has 0 unspecified atom stereocenters. The van der Waals surface area contributed by atoms with Crippen LogP contribution in [0.25, 0.3) is 0 Å². The highest BCUT2D eigenvalue weighted by atomic mass is 127. The van der Waals surface area contributed by atoms with Gasteiger partial charge >= 0.3 is 5.97 Å². The Labute approximate surface area is 152 Å². The first-order valence-electron chi connectivity index (χ1n) is 8.27. The second-order valence-corrected chi connectivity index (χ2v) is 5.75. The molecule has 0 aromatic heterocycles. The maximum Gasteiger partial charge on any atom is 0.305 e. The van der Waals surface area contributed by atoms with Crippen LogP contribution in [0.4, 0.5) is 0 Å². The third-order valence-electron chi connectivity index (χ3n) is 4.11. The van der Waals surface area contributed by atoms with Gasteiger partial charge in [0.05, 0.1) is 7.11 Å². The van der Waals surface area contributed by atoms with Crippen molar-refractivity contribution in [2.75, 3.05) is 27.2 Å². The van der Waals surface area contributed by atoms with E-state index in [0.717, 1.165) is 37.8 Å². The van der Waals surface area contributed by atoms with E-state index in [4.69, 9.17) is 0 Å². The van der Waals surface area contributed by atoms with Gasteiger partial charge < -0.3 is 15.4 Å². The van der Waals surface area contributed by atoms with Gasteiger partial charge in [-0.15, -0.1) is 24.0 Å². The van der Waals surface area contributed by atoms with E-state index in [1.54, 1.807) is 7.05 Å². The zero-order valence-corrected chi connectivity index (χ0v) is 16.4. The molecule has 6 heteroatoms. The van der Waals surface area contributed by atoms with Gasteiger partial charge in [-0.1, -0.05) is 25.7 Å². The summed E-state index contributed by atoms with van der Waals surface area (Å²) >= 11 is 0. The summed E-state index contributed by atoms with van der Waals surface area (Å²) in [6.45, 7) is 1.82. The van der Waals surface area contributed by atoms with Crippen LogP contribution in [0.5, 0.6) is 0 Å². The number of halogens is 1. The van der Waals surface area contributed by atoms with E-state index < -0.39 is 0 Å². The van der Waals surface area contributed by atoms with E-state index in [1.165, 1.54) is 45.6 Å². The molecular weight excluding hydrogens is 393 g/mol. The maximum absolute atomic E-state index is 11.0. The minimum absolute atomic E-state index is 0. The van der Waals surface area contributed by atoms with Gasteiger partial charge in [-0.3, -0.25) is 9.79 Å². The largest absolute Gasteiger partial charge is 0.469 e. The first-order chi connectivity index (χ1) is 10.3. The monoisotopic (exact) mass is 425 g/mol. The van der Waals surface area contributed by atoms with Crippen molar-refractivity contribution in [2.45, 2.75) is 57.8 Å². The lowest BCUT2D eigenvalue weighted by Gasteiger charge is -2.13. The Kier molecular flexibility index (Phi) is 13.7. The standard InChI is InChI=1S/C16H31N3O2.HI/c1-17-16(18-12-6-5-11-15(20)21-2)19-13-7-10-14-8-3-4-9-14;/h14H,3-13H2,1-2H3,(H2,17,18,19);1H. The number of nitrogens with one attached hydrogen (secondary N) is 2. The molecule has 0 aromatic rings. The number of esters is 1. The van der Waals surface area contributed by atoms with Crippen molar-refractivity contribution in [3.63, 3.8) is 0 Å². The number of carbonyl (C=O) groups is 1. The minimum atomic E-state index is -0.135. The van der Waals surface area contributed by atoms with Gasteiger partial charge in [-0.2, -0.15) is 0 Å². The fourth-order valence-electron chi connectivity index (χ4n) is 2.82. The number of carbonyl (C=O) groups excluding carboxylic acids is 1. The van der Waals surface area contributed by atoms with Crippen LogP contribution in [0, 0.1) is 5.92 Å². The van der Waals surface area contributed by atoms with Crippen molar-refractivity contribution >= 4 is 35.9 Å². The molecule has 0 radical (unpaired) electrons. The molecule has 0 amide bonds. The lowest BCUT2D eigenvalue weighted by atomic mass is 10.0. The Morgan fingerprint density at radius 3 is 2.36 bits per heavy atom. The average molecular weight is 425 g/mol. The van der Waals surface area contributed by atoms with Crippen LogP contribution in [-0.2, 0) is 9.53 Å². The van der Waals surface area contributed by atoms with Gasteiger partial charge in [0.25, 0.3) is 0 Å². The first-order valence-corrected chi connectivity index (χ1v) is 8.27. The van der Waals surface area contributed by atoms with Crippen LogP contribution < -0.4 is 10.6 Å². The summed E-state index contributed by atoms with van der Waals surface area (Å²) in [5.74, 6) is 1.68. The van der Waals surface area contributed by atoms with E-state index in [9.17, 15) is 4.79 Å². The molecular formula is C16H32IN3O2. The molecule has 0 spiro atoms. The van der Waals surface area contributed by atoms with Gasteiger partial charge in [-0.05, 0) is 31.6 Å². The van der Waals surface area contributed by atoms with Crippen molar-refractivity contribution in [1.29, 1.82) is 0 Å². The summed E-state index contributed by atoms with van der Waals surface area (Å²) in [6, 6.07) is 0. The SMILES string of the molecule is CN=C(NCCCCC(=O)OC)NCCCC1CCCC1.I. The highest BCUT2D eigenvalue weighted by Gasteiger charge is 2.13. The van der Waals surface area contributed by atoms with Gasteiger partial charge in [0, 0.05) is 26.6 Å². The van der Waals surface area contributed by atoms with Crippen LogP contribution in [0.3, 0.4) is 0 Å². The van der Waals surface area contributed by atoms with Crippen molar-refractivity contribution in [1.82, 2.24) is 10.6 Å². The molecule has 1 saturated carbocycles. The summed E-state index contributed by atoms with van der Waals surface area (Å²) in [4.78, 5) is 15.2. The molecule has 0 heterocycles. The number of aliphatic imine (C=N–C) groups is 1. The van der Waals surface area contributed by atoms with E-state index in [-0.39, 0.29) is 29.9 Å². The van der Waals surface area contributed by atoms with E-state index in [0.29, 0.717) is 6.42 Å². The van der Waals surface area contributed by atoms with E-state index in [1.807, 2.05) is 0 Å². The fourth-order valence-corrected chi connectivity index (χ4v) is 2.82. The van der Waals surface area contributed by atoms with Gasteiger partial charge in [0.1, 0.15) is 0 Å². The molecule has 0 atom stereocenters. The summed E-state index contributed by atoms with van der Waals surface area (Å²) in [6.07, 6.45) is 10.5. The lowest BCUT2D eigenvalue weighted by molar-refractivity contribution is -0.140. The summed E-state index contributed by atoms with van der Waals surface area (Å²) in [5.41, 5.74) is 0. The molecule has 0 bridgehead atoms. The number of ether oxygens (including phenoxy) is 1. The number of rotatable bonds is 9. The fraction of sp³-hybridized carbons (Fsp3) is 0.875. The number of hydrogen-bond donors (Lipinski definition) is 2. The normalized spacial score (nSPS) is 15.3. The molecule has 0 saturated heterocycles. The van der Waals surface area contributed by atoms with Crippen molar-refractivity contribution in [3.05, 3.63) is 0 Å². The third kappa shape index (κ3) is 10.2. The number of hydrogen-bond acceptors (Lipinski definition) is 3. The van der Waals surface area contributed by atoms with Gasteiger partial charge in [-0.25, -0.2) is 0 Å². The molecule has 5 nitrogen and oxygen atoms in total. The zero-order chi connectivity index (χ0) is 15.3. The highest BCUT2D eigenvalue weighted by Crippen LogP contribution is 2.28. The van der Waals surface area contributed by atoms with Gasteiger partial charge in [0.15, 0.2) is 5.96 Å². The molecule has 1 aliphatic carbocycles. The second-order valence-electron chi connectivity index (χ2n) is 5.75. The Morgan fingerprint density at radius 1 is 1.14 bits per heavy atom. The molecule has 2 N–H and O–H groups in total. The van der Waals surface area contributed by atoms with Gasteiger partial charge in [0.2, 0.25) is 0 Å². The second kappa shape index (κ2) is 14.1. The Bertz CT molecular complexity index is 319. The Morgan fingerprint density at radius 2 is 1.77 bits per heavy atom. The smallest absolute Gasteiger partial charge is 0.305 e. The predicted octanol–water partition coefficient (Wildman–Crippen LogP) is 3.08. The molecule has 22 heavy (non-hydrogen) atoms. The van der Waals surface area contributed by atoms with Crippen LogP contribution >= 0.6 is 24.0 Å². The molecule has 130 valence electrons. The topological polar surface area (TPSA) is 62.7 Å². The number of nitrogens with zero attached hydrogens (tertiary/aromatic N) is 1. The van der Waals surface area contributed by atoms with Crippen LogP contribution in [-0.4, -0.2) is 39.2 Å². The maximum atomic E-state index is 11.0. The minimum Gasteiger partial charge on any atom is -0.469 e. The molecule has 1 aliphatic rings. The highest BCUT2D eigenvalue weighted by molar-refractivity contribution is 14.0. The zero-order valence-electron chi connectivity index (χ0n) is 14.0. The van der Waals surface area contributed by atoms with E-state index >= 15 is 0 Å². The Hall–Kier alpha value is -0.530. The lowest BCUT2D eigenvalue weighted by Crippen LogP contribution is -2.38. The third-order valence-corrected chi connectivity index (χ3v) is 4.11. The number of unbranched alkanes of at least 4 members (excludes halogenated alkanes) is 1. The van der Waals surface area contributed by atoms with Crippen LogP contribution in [0.2, 0.25) is 0 Å². The molecule has 0 aromatic carbocycles. The summed E-state index contributed by atoms with van der Waals surface area (Å²) in [7, 11) is 3.22. The first kappa shape index (κ1) is 21.5. The summed E-state index contributed by atoms with van der Waals surface area (Å²) < 4.78 is 4.61. The van der Waals surface area contributed by atoms with E-state index in [2.05, 4.69) is 20.4 Å². The predicted molar refractivity (Wildman–Crippen MR) is 102 cm³/mol. The number of methoxy groups -OCH3 is 1. The van der Waals surface area contributed by atoms with Crippen molar-refractivity contribution in [3.8, 4) is 0 Å². The molecule has 1 rings (SSSR count). The summed E-state index contributed by atoms with van der Waals surface area (Å²) in [5, 5.41) is 6.63. The molecule has 0 aliphatic heterocycles. The van der Waals surface area contributed by atoms with Crippen LogP contribution in [0.1, 0.15) is 57.8 Å². The Balaban J connectivity index is 0.00000441. The average Bonchev–Trinajstić information content (AvgIpc) is 3.02.